The van der Waals surface area contributed by atoms with Gasteiger partial charge in [0, 0.05) is 36.1 Å². The van der Waals surface area contributed by atoms with Gasteiger partial charge in [-0.15, -0.1) is 6.42 Å². The molecule has 5 heteroatoms. The summed E-state index contributed by atoms with van der Waals surface area (Å²) in [6, 6.07) is 3.79. The van der Waals surface area contributed by atoms with Crippen LogP contribution in [0.15, 0.2) is 30.5 Å². The minimum absolute atomic E-state index is 0.0844. The predicted molar refractivity (Wildman–Crippen MR) is 87.0 cm³/mol. The van der Waals surface area contributed by atoms with Crippen LogP contribution in [-0.2, 0) is 6.18 Å². The molecule has 124 valence electrons. The van der Waals surface area contributed by atoms with E-state index in [0.29, 0.717) is 5.69 Å². The lowest BCUT2D eigenvalue weighted by atomic mass is 10.0. The van der Waals surface area contributed by atoms with E-state index in [0.717, 1.165) is 50.2 Å². The lowest BCUT2D eigenvalue weighted by Gasteiger charge is -2.36. The number of benzene rings is 1. The Balaban J connectivity index is 2.16. The molecule has 1 fully saturated rings. The molecule has 1 heterocycles. The standard InChI is InChI=1S/C18H21F3N2/c1-4-13(3)23-8-6-7-16(12-23)22-17-10-14(5-2)9-15(11-17)18(19,20)21/h2,9-11,16,22H,3-4,6-8,12H2,1H3. The minimum Gasteiger partial charge on any atom is -0.380 e. The van der Waals surface area contributed by atoms with Crippen molar-refractivity contribution in [1.29, 1.82) is 0 Å². The first-order valence-corrected chi connectivity index (χ1v) is 7.71. The van der Waals surface area contributed by atoms with Crippen molar-refractivity contribution in [3.05, 3.63) is 41.6 Å². The van der Waals surface area contributed by atoms with E-state index < -0.39 is 11.7 Å². The van der Waals surface area contributed by atoms with Crippen LogP contribution in [-0.4, -0.2) is 24.0 Å². The second-order valence-corrected chi connectivity index (χ2v) is 5.79. The van der Waals surface area contributed by atoms with Gasteiger partial charge < -0.3 is 10.2 Å². The van der Waals surface area contributed by atoms with Crippen LogP contribution in [0.4, 0.5) is 18.9 Å². The van der Waals surface area contributed by atoms with Crippen LogP contribution in [0, 0.1) is 12.3 Å². The maximum atomic E-state index is 13.0. The summed E-state index contributed by atoms with van der Waals surface area (Å²) >= 11 is 0. The van der Waals surface area contributed by atoms with Crippen molar-refractivity contribution in [2.75, 3.05) is 18.4 Å². The van der Waals surface area contributed by atoms with Crippen molar-refractivity contribution in [2.45, 2.75) is 38.4 Å². The molecule has 0 aliphatic carbocycles. The zero-order chi connectivity index (χ0) is 17.0. The molecule has 0 spiro atoms. The molecule has 1 aliphatic heterocycles. The number of likely N-dealkylation sites (tertiary alicyclic amines) is 1. The summed E-state index contributed by atoms with van der Waals surface area (Å²) in [7, 11) is 0. The van der Waals surface area contributed by atoms with Crippen LogP contribution in [0.3, 0.4) is 0 Å². The van der Waals surface area contributed by atoms with Crippen molar-refractivity contribution >= 4 is 5.69 Å². The molecule has 1 atom stereocenters. The van der Waals surface area contributed by atoms with Gasteiger partial charge in [0.1, 0.15) is 0 Å². The highest BCUT2D eigenvalue weighted by molar-refractivity contribution is 5.54. The maximum absolute atomic E-state index is 13.0. The summed E-state index contributed by atoms with van der Waals surface area (Å²) in [5.41, 5.74) is 0.987. The van der Waals surface area contributed by atoms with Gasteiger partial charge in [0.15, 0.2) is 0 Å². The Kier molecular flexibility index (Phi) is 5.25. The highest BCUT2D eigenvalue weighted by Crippen LogP contribution is 2.32. The Hall–Kier alpha value is -2.09. The van der Waals surface area contributed by atoms with Gasteiger partial charge in [0.05, 0.1) is 5.56 Å². The predicted octanol–water partition coefficient (Wildman–Crippen LogP) is 4.49. The van der Waals surface area contributed by atoms with Crippen LogP contribution >= 0.6 is 0 Å². The summed E-state index contributed by atoms with van der Waals surface area (Å²) < 4.78 is 38.9. The van der Waals surface area contributed by atoms with E-state index in [-0.39, 0.29) is 11.6 Å². The SMILES string of the molecule is C#Cc1cc(NC2CCCN(C(=C)CC)C2)cc(C(F)(F)F)c1. The summed E-state index contributed by atoms with van der Waals surface area (Å²) in [5, 5.41) is 3.20. The summed E-state index contributed by atoms with van der Waals surface area (Å²) in [4.78, 5) is 2.19. The number of hydrogen-bond donors (Lipinski definition) is 1. The van der Waals surface area contributed by atoms with Crippen LogP contribution in [0.1, 0.15) is 37.3 Å². The Morgan fingerprint density at radius 1 is 1.43 bits per heavy atom. The Labute approximate surface area is 135 Å². The number of alkyl halides is 3. The van der Waals surface area contributed by atoms with E-state index in [1.807, 2.05) is 6.92 Å². The molecule has 2 nitrogen and oxygen atoms in total. The van der Waals surface area contributed by atoms with E-state index in [2.05, 4.69) is 22.7 Å². The number of piperidine rings is 1. The van der Waals surface area contributed by atoms with Gasteiger partial charge >= 0.3 is 6.18 Å². The van der Waals surface area contributed by atoms with Crippen LogP contribution in [0.2, 0.25) is 0 Å². The van der Waals surface area contributed by atoms with Crippen LogP contribution < -0.4 is 5.32 Å². The molecule has 1 aromatic carbocycles. The third kappa shape index (κ3) is 4.44. The molecule has 0 amide bonds. The summed E-state index contributed by atoms with van der Waals surface area (Å²) in [6.45, 7) is 7.77. The Morgan fingerprint density at radius 2 is 2.17 bits per heavy atom. The zero-order valence-electron chi connectivity index (χ0n) is 13.2. The van der Waals surface area contributed by atoms with E-state index in [1.165, 1.54) is 0 Å². The number of rotatable bonds is 4. The smallest absolute Gasteiger partial charge is 0.380 e. The molecule has 0 saturated carbocycles. The molecule has 0 bridgehead atoms. The monoisotopic (exact) mass is 322 g/mol. The molecule has 23 heavy (non-hydrogen) atoms. The van der Waals surface area contributed by atoms with Crippen molar-refractivity contribution in [3.8, 4) is 12.3 Å². The van der Waals surface area contributed by atoms with Crippen molar-refractivity contribution in [2.24, 2.45) is 0 Å². The highest BCUT2D eigenvalue weighted by atomic mass is 19.4. The molecule has 1 aliphatic rings. The average Bonchev–Trinajstić information content (AvgIpc) is 2.53. The van der Waals surface area contributed by atoms with Gasteiger partial charge in [0.25, 0.3) is 0 Å². The lowest BCUT2D eigenvalue weighted by molar-refractivity contribution is -0.137. The van der Waals surface area contributed by atoms with Gasteiger partial charge in [-0.3, -0.25) is 0 Å². The first-order valence-electron chi connectivity index (χ1n) is 7.71. The fourth-order valence-electron chi connectivity index (χ4n) is 2.80. The van der Waals surface area contributed by atoms with Gasteiger partial charge in [-0.25, -0.2) is 0 Å². The number of terminal acetylenes is 1. The molecular weight excluding hydrogens is 301 g/mol. The Bertz CT molecular complexity index is 614. The van der Waals surface area contributed by atoms with Gasteiger partial charge in [-0.05, 0) is 37.5 Å². The third-order valence-corrected chi connectivity index (χ3v) is 4.07. The first-order chi connectivity index (χ1) is 10.8. The number of nitrogens with one attached hydrogen (secondary N) is 1. The molecule has 1 saturated heterocycles. The van der Waals surface area contributed by atoms with E-state index in [9.17, 15) is 13.2 Å². The fraction of sp³-hybridized carbons (Fsp3) is 0.444. The quantitative estimate of drug-likeness (QED) is 0.822. The molecule has 2 rings (SSSR count). The van der Waals surface area contributed by atoms with Gasteiger partial charge in [-0.2, -0.15) is 13.2 Å². The zero-order valence-corrected chi connectivity index (χ0v) is 13.2. The topological polar surface area (TPSA) is 15.3 Å². The highest BCUT2D eigenvalue weighted by Gasteiger charge is 2.31. The second-order valence-electron chi connectivity index (χ2n) is 5.79. The van der Waals surface area contributed by atoms with Crippen molar-refractivity contribution in [3.63, 3.8) is 0 Å². The number of halogens is 3. The fourth-order valence-corrected chi connectivity index (χ4v) is 2.80. The molecule has 0 radical (unpaired) electrons. The minimum atomic E-state index is -4.40. The van der Waals surface area contributed by atoms with E-state index in [4.69, 9.17) is 6.42 Å². The van der Waals surface area contributed by atoms with Crippen LogP contribution in [0.25, 0.3) is 0 Å². The summed E-state index contributed by atoms with van der Waals surface area (Å²) in [5.74, 6) is 2.29. The average molecular weight is 322 g/mol. The third-order valence-electron chi connectivity index (χ3n) is 4.07. The second kappa shape index (κ2) is 6.99. The molecule has 1 aromatic rings. The molecule has 0 aromatic heterocycles. The van der Waals surface area contributed by atoms with Crippen LogP contribution in [0.5, 0.6) is 0 Å². The molecule has 1 N–H and O–H groups in total. The molecule has 1 unspecified atom stereocenters. The first kappa shape index (κ1) is 17.3. The van der Waals surface area contributed by atoms with E-state index >= 15 is 0 Å². The number of hydrogen-bond acceptors (Lipinski definition) is 2. The lowest BCUT2D eigenvalue weighted by Crippen LogP contribution is -2.41. The van der Waals surface area contributed by atoms with Crippen molar-refractivity contribution in [1.82, 2.24) is 4.90 Å². The van der Waals surface area contributed by atoms with E-state index in [1.54, 1.807) is 6.07 Å². The maximum Gasteiger partial charge on any atom is 0.416 e. The van der Waals surface area contributed by atoms with Crippen molar-refractivity contribution < 1.29 is 13.2 Å². The van der Waals surface area contributed by atoms with Gasteiger partial charge in [-0.1, -0.05) is 19.4 Å². The normalized spacial score (nSPS) is 18.4. The number of allylic oxidation sites excluding steroid dienone is 1. The molecular formula is C18H21F3N2. The number of nitrogens with zero attached hydrogens (tertiary/aromatic N) is 1. The van der Waals surface area contributed by atoms with Gasteiger partial charge in [0.2, 0.25) is 0 Å². The number of anilines is 1. The summed E-state index contributed by atoms with van der Waals surface area (Å²) in [6.07, 6.45) is 3.64. The Morgan fingerprint density at radius 3 is 2.78 bits per heavy atom. The largest absolute Gasteiger partial charge is 0.416 e.